The normalized spacial score (nSPS) is 11.7. The van der Waals surface area contributed by atoms with Crippen molar-refractivity contribution in [2.75, 3.05) is 13.6 Å². The summed E-state index contributed by atoms with van der Waals surface area (Å²) < 4.78 is 3.88. The number of halogens is 1. The number of carbonyl (C=O) groups is 2. The van der Waals surface area contributed by atoms with Crippen LogP contribution in [-0.4, -0.2) is 34.9 Å². The van der Waals surface area contributed by atoms with Crippen LogP contribution in [-0.2, 0) is 11.8 Å². The van der Waals surface area contributed by atoms with Crippen LogP contribution in [0.1, 0.15) is 9.67 Å². The van der Waals surface area contributed by atoms with Gasteiger partial charge in [-0.3, -0.25) is 9.59 Å². The van der Waals surface area contributed by atoms with Crippen LogP contribution in [0.4, 0.5) is 0 Å². The Morgan fingerprint density at radius 1 is 1.24 bits per heavy atom. The van der Waals surface area contributed by atoms with Crippen molar-refractivity contribution in [3.8, 4) is 0 Å². The number of thiophene rings is 1. The van der Waals surface area contributed by atoms with Gasteiger partial charge in [0.15, 0.2) is 0 Å². The molecular formula is C16H15BrN4O2S2. The average molecular weight is 439 g/mol. The van der Waals surface area contributed by atoms with E-state index in [-0.39, 0.29) is 18.4 Å². The van der Waals surface area contributed by atoms with Crippen molar-refractivity contribution in [2.45, 2.75) is 0 Å². The summed E-state index contributed by atoms with van der Waals surface area (Å²) in [6, 6.07) is 11.5. The van der Waals surface area contributed by atoms with Crippen LogP contribution in [0.15, 0.2) is 45.3 Å². The van der Waals surface area contributed by atoms with E-state index in [0.717, 1.165) is 14.0 Å². The summed E-state index contributed by atoms with van der Waals surface area (Å²) in [7, 11) is 3.49. The number of para-hydroxylation sites is 1. The summed E-state index contributed by atoms with van der Waals surface area (Å²) in [5, 5.41) is 4.17. The van der Waals surface area contributed by atoms with Crippen molar-refractivity contribution in [3.05, 3.63) is 49.9 Å². The zero-order chi connectivity index (χ0) is 18.0. The van der Waals surface area contributed by atoms with Crippen molar-refractivity contribution in [3.63, 3.8) is 0 Å². The number of aromatic nitrogens is 1. The van der Waals surface area contributed by atoms with Gasteiger partial charge in [-0.15, -0.1) is 16.4 Å². The molecule has 0 aliphatic rings. The van der Waals surface area contributed by atoms with Crippen molar-refractivity contribution in [1.29, 1.82) is 0 Å². The lowest BCUT2D eigenvalue weighted by Gasteiger charge is -2.14. The molecule has 1 aromatic carbocycles. The van der Waals surface area contributed by atoms with Crippen LogP contribution in [0.5, 0.6) is 0 Å². The molecule has 2 heterocycles. The molecule has 6 nitrogen and oxygen atoms in total. The number of carbonyl (C=O) groups excluding carboxylic acids is 2. The maximum absolute atomic E-state index is 12.2. The van der Waals surface area contributed by atoms with Gasteiger partial charge < -0.3 is 9.47 Å². The van der Waals surface area contributed by atoms with Gasteiger partial charge in [-0.2, -0.15) is 0 Å². The topological polar surface area (TPSA) is 66.7 Å². The van der Waals surface area contributed by atoms with Gasteiger partial charge in [0.05, 0.1) is 18.9 Å². The molecule has 0 aliphatic heterocycles. The molecule has 0 bridgehead atoms. The number of benzene rings is 1. The van der Waals surface area contributed by atoms with E-state index in [9.17, 15) is 9.59 Å². The highest BCUT2D eigenvalue weighted by molar-refractivity contribution is 9.11. The molecule has 0 saturated heterocycles. The number of likely N-dealkylation sites (N-methyl/N-ethyl adjacent to an activating group) is 1. The summed E-state index contributed by atoms with van der Waals surface area (Å²) >= 11 is 6.15. The molecule has 25 heavy (non-hydrogen) atoms. The monoisotopic (exact) mass is 438 g/mol. The summed E-state index contributed by atoms with van der Waals surface area (Å²) in [6.45, 7) is -0.0630. The van der Waals surface area contributed by atoms with Crippen LogP contribution < -0.4 is 10.2 Å². The second kappa shape index (κ2) is 7.51. The number of amides is 2. The standard InChI is InChI=1S/C16H15BrN4O2S2/c1-20(15(23)12-7-8-13(17)24-12)9-14(22)18-19-16-21(2)10-5-3-4-6-11(10)25-16/h3-8H,9H2,1-2H3,(H,18,22)/b19-16-. The third kappa shape index (κ3) is 4.00. The number of thiazole rings is 1. The summed E-state index contributed by atoms with van der Waals surface area (Å²) in [6.07, 6.45) is 0. The molecule has 2 aromatic heterocycles. The SMILES string of the molecule is CN(CC(=O)N/N=c1\sc2ccccc2n1C)C(=O)c1ccc(Br)s1. The van der Waals surface area contributed by atoms with E-state index < -0.39 is 0 Å². The van der Waals surface area contributed by atoms with E-state index in [0.29, 0.717) is 9.68 Å². The highest BCUT2D eigenvalue weighted by Crippen LogP contribution is 2.22. The largest absolute Gasteiger partial charge is 0.332 e. The van der Waals surface area contributed by atoms with Crippen LogP contribution >= 0.6 is 38.6 Å². The molecule has 0 unspecified atom stereocenters. The van der Waals surface area contributed by atoms with E-state index in [2.05, 4.69) is 26.5 Å². The van der Waals surface area contributed by atoms with E-state index in [4.69, 9.17) is 0 Å². The lowest BCUT2D eigenvalue weighted by molar-refractivity contribution is -0.121. The number of hydrogen-bond donors (Lipinski definition) is 1. The molecule has 0 atom stereocenters. The number of fused-ring (bicyclic) bond motifs is 1. The van der Waals surface area contributed by atoms with E-state index in [1.54, 1.807) is 13.1 Å². The van der Waals surface area contributed by atoms with Crippen molar-refractivity contribution >= 4 is 60.6 Å². The molecule has 1 N–H and O–H groups in total. The summed E-state index contributed by atoms with van der Waals surface area (Å²) in [4.78, 5) is 27.0. The Hall–Kier alpha value is -1.97. The van der Waals surface area contributed by atoms with Gasteiger partial charge in [0.2, 0.25) is 4.80 Å². The molecular weight excluding hydrogens is 424 g/mol. The third-order valence-electron chi connectivity index (χ3n) is 3.50. The van der Waals surface area contributed by atoms with Gasteiger partial charge >= 0.3 is 0 Å². The lowest BCUT2D eigenvalue weighted by atomic mass is 10.3. The third-order valence-corrected chi connectivity index (χ3v) is 6.23. The maximum Gasteiger partial charge on any atom is 0.264 e. The van der Waals surface area contributed by atoms with Crippen LogP contribution in [0.3, 0.4) is 0 Å². The number of nitrogens with one attached hydrogen (secondary N) is 1. The van der Waals surface area contributed by atoms with E-state index >= 15 is 0 Å². The molecule has 9 heteroatoms. The fourth-order valence-corrected chi connectivity index (χ4v) is 4.60. The lowest BCUT2D eigenvalue weighted by Crippen LogP contribution is -2.37. The van der Waals surface area contributed by atoms with Crippen LogP contribution in [0, 0.1) is 0 Å². The molecule has 0 spiro atoms. The number of aryl methyl sites for hydroxylation is 1. The van der Waals surface area contributed by atoms with Gasteiger partial charge in [-0.25, -0.2) is 5.43 Å². The highest BCUT2D eigenvalue weighted by Gasteiger charge is 2.16. The van der Waals surface area contributed by atoms with E-state index in [1.807, 2.05) is 41.9 Å². The van der Waals surface area contributed by atoms with Gasteiger partial charge in [-0.05, 0) is 40.2 Å². The molecule has 0 aliphatic carbocycles. The molecule has 3 aromatic rings. The molecule has 0 fully saturated rings. The Morgan fingerprint density at radius 3 is 2.68 bits per heavy atom. The number of rotatable bonds is 4. The quantitative estimate of drug-likeness (QED) is 0.636. The number of nitrogens with zero attached hydrogens (tertiary/aromatic N) is 3. The zero-order valence-electron chi connectivity index (χ0n) is 13.5. The van der Waals surface area contributed by atoms with Crippen LogP contribution in [0.2, 0.25) is 0 Å². The minimum absolute atomic E-state index is 0.0630. The summed E-state index contributed by atoms with van der Waals surface area (Å²) in [5.41, 5.74) is 3.57. The van der Waals surface area contributed by atoms with Gasteiger partial charge in [-0.1, -0.05) is 23.5 Å². The van der Waals surface area contributed by atoms with Gasteiger partial charge in [0.25, 0.3) is 11.8 Å². The highest BCUT2D eigenvalue weighted by atomic mass is 79.9. The minimum Gasteiger partial charge on any atom is -0.332 e. The first-order valence-corrected chi connectivity index (χ1v) is 9.76. The first kappa shape index (κ1) is 17.8. The molecule has 2 amide bonds. The molecule has 0 saturated carbocycles. The minimum atomic E-state index is -0.344. The zero-order valence-corrected chi connectivity index (χ0v) is 16.7. The second-order valence-corrected chi connectivity index (χ2v) is 8.80. The Bertz CT molecular complexity index is 1000. The van der Waals surface area contributed by atoms with Crippen molar-refractivity contribution in [2.24, 2.45) is 12.1 Å². The fourth-order valence-electron chi connectivity index (χ4n) is 2.24. The Morgan fingerprint density at radius 2 is 2.00 bits per heavy atom. The second-order valence-electron chi connectivity index (χ2n) is 5.32. The average Bonchev–Trinajstić information content (AvgIpc) is 3.16. The van der Waals surface area contributed by atoms with Crippen molar-refractivity contribution < 1.29 is 9.59 Å². The molecule has 3 rings (SSSR count). The number of hydrogen-bond acceptors (Lipinski definition) is 5. The first-order chi connectivity index (χ1) is 12.0. The molecule has 130 valence electrons. The maximum atomic E-state index is 12.2. The van der Waals surface area contributed by atoms with Gasteiger partial charge in [0, 0.05) is 14.1 Å². The summed E-state index contributed by atoms with van der Waals surface area (Å²) in [5.74, 6) is -0.540. The fraction of sp³-hybridized carbons (Fsp3) is 0.188. The van der Waals surface area contributed by atoms with E-state index in [1.165, 1.54) is 27.6 Å². The Kier molecular flexibility index (Phi) is 5.36. The Labute approximate surface area is 160 Å². The smallest absolute Gasteiger partial charge is 0.264 e. The predicted octanol–water partition coefficient (Wildman–Crippen LogP) is 2.77. The van der Waals surface area contributed by atoms with Crippen LogP contribution in [0.25, 0.3) is 10.2 Å². The predicted molar refractivity (Wildman–Crippen MR) is 103 cm³/mol. The first-order valence-electron chi connectivity index (χ1n) is 7.33. The Balaban J connectivity index is 1.67. The molecule has 0 radical (unpaired) electrons. The van der Waals surface area contributed by atoms with Gasteiger partial charge in [0.1, 0.15) is 6.54 Å². The van der Waals surface area contributed by atoms with Crippen molar-refractivity contribution in [1.82, 2.24) is 14.9 Å².